The van der Waals surface area contributed by atoms with Crippen LogP contribution >= 0.6 is 0 Å². The number of rotatable bonds is 7. The van der Waals surface area contributed by atoms with Crippen molar-refractivity contribution in [3.8, 4) is 40.6 Å². The molecule has 0 amide bonds. The van der Waals surface area contributed by atoms with Gasteiger partial charge in [0.25, 0.3) is 0 Å². The highest BCUT2D eigenvalue weighted by atomic mass is 16.5. The first-order valence-corrected chi connectivity index (χ1v) is 10.7. The zero-order valence-corrected chi connectivity index (χ0v) is 20.8. The van der Waals surface area contributed by atoms with Gasteiger partial charge in [-0.3, -0.25) is 0 Å². The van der Waals surface area contributed by atoms with Crippen LogP contribution in [0.3, 0.4) is 0 Å². The van der Waals surface area contributed by atoms with Crippen molar-refractivity contribution in [3.63, 3.8) is 0 Å². The van der Waals surface area contributed by atoms with Crippen LogP contribution < -0.4 is 23.7 Å². The average Bonchev–Trinajstić information content (AvgIpc) is 2.87. The van der Waals surface area contributed by atoms with Crippen molar-refractivity contribution in [1.82, 2.24) is 0 Å². The highest BCUT2D eigenvalue weighted by Crippen LogP contribution is 2.38. The van der Waals surface area contributed by atoms with Crippen LogP contribution in [-0.2, 0) is 0 Å². The van der Waals surface area contributed by atoms with E-state index in [-0.39, 0.29) is 0 Å². The Morgan fingerprint density at radius 2 is 1.26 bits per heavy atom. The van der Waals surface area contributed by atoms with E-state index in [1.807, 2.05) is 43.3 Å². The quantitative estimate of drug-likeness (QED) is 0.418. The number of methoxy groups -OCH3 is 5. The maximum Gasteiger partial charge on any atom is 0.203 e. The molecule has 0 aliphatic rings. The lowest BCUT2D eigenvalue weighted by molar-refractivity contribution is 0.324. The molecule has 0 heterocycles. The first-order chi connectivity index (χ1) is 16.4. The maximum absolute atomic E-state index is 5.55. The Bertz CT molecular complexity index is 1250. The molecular formula is C29H30O5. The van der Waals surface area contributed by atoms with Crippen molar-refractivity contribution in [2.75, 3.05) is 35.5 Å². The first-order valence-electron chi connectivity index (χ1n) is 10.7. The Labute approximate surface area is 201 Å². The largest absolute Gasteiger partial charge is 0.496 e. The molecule has 176 valence electrons. The summed E-state index contributed by atoms with van der Waals surface area (Å²) >= 11 is 0. The summed E-state index contributed by atoms with van der Waals surface area (Å²) in [4.78, 5) is 0. The molecule has 5 nitrogen and oxygen atoms in total. The zero-order valence-electron chi connectivity index (χ0n) is 20.8. The second-order valence-corrected chi connectivity index (χ2v) is 7.68. The van der Waals surface area contributed by atoms with Crippen molar-refractivity contribution in [3.05, 3.63) is 82.4 Å². The minimum atomic E-state index is 0.523. The highest BCUT2D eigenvalue weighted by Gasteiger charge is 2.13. The van der Waals surface area contributed by atoms with Gasteiger partial charge in [0.05, 0.1) is 41.1 Å². The van der Waals surface area contributed by atoms with Gasteiger partial charge in [-0.15, -0.1) is 0 Å². The molecule has 0 saturated carbocycles. The SMILES string of the molecule is C=C(c1ccc(OC)c(C#Cc2cc(OC)c(OC)c(OC)c2)c1)c1cc(C)c(C)c(OC)c1. The third-order valence-electron chi connectivity index (χ3n) is 5.74. The number of hydrogen-bond donors (Lipinski definition) is 0. The molecule has 0 aliphatic heterocycles. The Hall–Kier alpha value is -4.04. The number of aryl methyl sites for hydroxylation is 1. The first kappa shape index (κ1) is 24.6. The van der Waals surface area contributed by atoms with E-state index < -0.39 is 0 Å². The number of ether oxygens (including phenoxy) is 5. The van der Waals surface area contributed by atoms with Crippen molar-refractivity contribution < 1.29 is 23.7 Å². The molecule has 3 aromatic rings. The normalized spacial score (nSPS) is 10.1. The van der Waals surface area contributed by atoms with Crippen LogP contribution in [0, 0.1) is 25.7 Å². The molecule has 0 spiro atoms. The molecular weight excluding hydrogens is 428 g/mol. The van der Waals surface area contributed by atoms with E-state index in [0.29, 0.717) is 23.0 Å². The standard InChI is InChI=1S/C29H30O5/c1-18-13-24(17-26(31-5)19(18)2)20(3)22-11-12-25(30-4)23(16-22)10-9-21-14-27(32-6)29(34-8)28(15-21)33-7/h11-17H,3H2,1-2,4-8H3. The summed E-state index contributed by atoms with van der Waals surface area (Å²) in [6.45, 7) is 8.44. The summed E-state index contributed by atoms with van der Waals surface area (Å²) in [6.07, 6.45) is 0. The van der Waals surface area contributed by atoms with E-state index in [1.165, 1.54) is 0 Å². The van der Waals surface area contributed by atoms with Gasteiger partial charge in [-0.25, -0.2) is 0 Å². The van der Waals surface area contributed by atoms with Crippen LogP contribution in [0.15, 0.2) is 49.0 Å². The fourth-order valence-electron chi connectivity index (χ4n) is 3.67. The van der Waals surface area contributed by atoms with Gasteiger partial charge in [0.2, 0.25) is 5.75 Å². The number of hydrogen-bond acceptors (Lipinski definition) is 5. The molecule has 0 unspecified atom stereocenters. The average molecular weight is 459 g/mol. The van der Waals surface area contributed by atoms with Crippen LogP contribution in [-0.4, -0.2) is 35.5 Å². The van der Waals surface area contributed by atoms with Crippen LogP contribution in [0.2, 0.25) is 0 Å². The smallest absolute Gasteiger partial charge is 0.203 e. The summed E-state index contributed by atoms with van der Waals surface area (Å²) in [7, 11) is 8.03. The van der Waals surface area contributed by atoms with E-state index in [2.05, 4.69) is 31.4 Å². The third-order valence-corrected chi connectivity index (χ3v) is 5.74. The molecule has 3 rings (SSSR count). The van der Waals surface area contributed by atoms with Gasteiger partial charge in [0, 0.05) is 5.56 Å². The van der Waals surface area contributed by atoms with Crippen molar-refractivity contribution in [2.24, 2.45) is 0 Å². The molecule has 34 heavy (non-hydrogen) atoms. The Kier molecular flexibility index (Phi) is 7.75. The minimum Gasteiger partial charge on any atom is -0.496 e. The van der Waals surface area contributed by atoms with Crippen LogP contribution in [0.1, 0.15) is 33.4 Å². The summed E-state index contributed by atoms with van der Waals surface area (Å²) in [5.41, 5.74) is 6.54. The zero-order chi connectivity index (χ0) is 24.8. The Morgan fingerprint density at radius 1 is 0.647 bits per heavy atom. The van der Waals surface area contributed by atoms with Crippen LogP contribution in [0.4, 0.5) is 0 Å². The second kappa shape index (κ2) is 10.7. The fraction of sp³-hybridized carbons (Fsp3) is 0.241. The topological polar surface area (TPSA) is 46.2 Å². The summed E-state index contributed by atoms with van der Waals surface area (Å²) < 4.78 is 27.4. The molecule has 0 saturated heterocycles. The van der Waals surface area contributed by atoms with Crippen LogP contribution in [0.25, 0.3) is 5.57 Å². The Balaban J connectivity index is 2.04. The van der Waals surface area contributed by atoms with E-state index >= 15 is 0 Å². The highest BCUT2D eigenvalue weighted by molar-refractivity contribution is 5.80. The van der Waals surface area contributed by atoms with Gasteiger partial charge in [0.1, 0.15) is 11.5 Å². The number of benzene rings is 3. The van der Waals surface area contributed by atoms with Gasteiger partial charge in [-0.05, 0) is 72.0 Å². The van der Waals surface area contributed by atoms with E-state index in [9.17, 15) is 0 Å². The molecule has 0 bridgehead atoms. The van der Waals surface area contributed by atoms with Crippen molar-refractivity contribution in [1.29, 1.82) is 0 Å². The summed E-state index contributed by atoms with van der Waals surface area (Å²) in [6, 6.07) is 13.6. The third kappa shape index (κ3) is 4.97. The van der Waals surface area contributed by atoms with Crippen LogP contribution in [0.5, 0.6) is 28.7 Å². The molecule has 0 fully saturated rings. The van der Waals surface area contributed by atoms with E-state index in [4.69, 9.17) is 23.7 Å². The molecule has 5 heteroatoms. The molecule has 0 atom stereocenters. The van der Waals surface area contributed by atoms with Gasteiger partial charge in [0.15, 0.2) is 11.5 Å². The predicted octanol–water partition coefficient (Wildman–Crippen LogP) is 5.81. The van der Waals surface area contributed by atoms with Gasteiger partial charge >= 0.3 is 0 Å². The monoisotopic (exact) mass is 458 g/mol. The maximum atomic E-state index is 5.55. The predicted molar refractivity (Wildman–Crippen MR) is 136 cm³/mol. The molecule has 0 aliphatic carbocycles. The minimum absolute atomic E-state index is 0.523. The van der Waals surface area contributed by atoms with Gasteiger partial charge < -0.3 is 23.7 Å². The molecule has 0 aromatic heterocycles. The van der Waals surface area contributed by atoms with Gasteiger partial charge in [-0.2, -0.15) is 0 Å². The Morgan fingerprint density at radius 3 is 1.82 bits per heavy atom. The lowest BCUT2D eigenvalue weighted by Crippen LogP contribution is -1.96. The molecule has 0 N–H and O–H groups in total. The fourth-order valence-corrected chi connectivity index (χ4v) is 3.67. The van der Waals surface area contributed by atoms with Crippen molar-refractivity contribution >= 4 is 5.57 Å². The van der Waals surface area contributed by atoms with E-state index in [0.717, 1.165) is 44.7 Å². The molecule has 0 radical (unpaired) electrons. The molecule has 3 aromatic carbocycles. The lowest BCUT2D eigenvalue weighted by atomic mass is 9.94. The summed E-state index contributed by atoms with van der Waals surface area (Å²) in [5.74, 6) is 9.53. The second-order valence-electron chi connectivity index (χ2n) is 7.68. The summed E-state index contributed by atoms with van der Waals surface area (Å²) in [5, 5.41) is 0. The van der Waals surface area contributed by atoms with Crippen molar-refractivity contribution in [2.45, 2.75) is 13.8 Å². The lowest BCUT2D eigenvalue weighted by Gasteiger charge is -2.14. The van der Waals surface area contributed by atoms with Gasteiger partial charge in [-0.1, -0.05) is 30.6 Å². The van der Waals surface area contributed by atoms with E-state index in [1.54, 1.807) is 35.5 Å².